The molecule has 0 saturated heterocycles. The molecule has 1 amide bonds. The summed E-state index contributed by atoms with van der Waals surface area (Å²) in [5.74, 6) is -1.02. The number of halogens is 1. The number of aromatic nitrogens is 1. The lowest BCUT2D eigenvalue weighted by molar-refractivity contribution is -0.119. The van der Waals surface area contributed by atoms with E-state index in [4.69, 9.17) is 16.3 Å². The topological polar surface area (TPSA) is 68.3 Å². The molecule has 0 radical (unpaired) electrons. The summed E-state index contributed by atoms with van der Waals surface area (Å²) in [7, 11) is 0. The molecule has 1 heterocycles. The molecule has 28 heavy (non-hydrogen) atoms. The lowest BCUT2D eigenvalue weighted by atomic mass is 10.1. The van der Waals surface area contributed by atoms with E-state index in [0.29, 0.717) is 21.3 Å². The number of esters is 1. The third-order valence-electron chi connectivity index (χ3n) is 4.03. The molecule has 2 aromatic carbocycles. The molecule has 0 aliphatic rings. The van der Waals surface area contributed by atoms with Crippen LogP contribution in [0.1, 0.15) is 26.5 Å². The largest absolute Gasteiger partial charge is 0.451 e. The molecule has 0 spiro atoms. The van der Waals surface area contributed by atoms with Gasteiger partial charge in [-0.25, -0.2) is 9.78 Å². The highest BCUT2D eigenvalue weighted by molar-refractivity contribution is 7.17. The van der Waals surface area contributed by atoms with Crippen molar-refractivity contribution in [3.8, 4) is 10.6 Å². The Bertz CT molecular complexity index is 1010. The number of aryl methyl sites for hydroxylation is 3. The highest BCUT2D eigenvalue weighted by Crippen LogP contribution is 2.29. The van der Waals surface area contributed by atoms with E-state index in [0.717, 1.165) is 21.7 Å². The van der Waals surface area contributed by atoms with E-state index in [1.165, 1.54) is 11.3 Å². The lowest BCUT2D eigenvalue weighted by Crippen LogP contribution is -2.21. The Kier molecular flexibility index (Phi) is 6.11. The number of hydrogen-bond donors (Lipinski definition) is 1. The number of thiazole rings is 1. The summed E-state index contributed by atoms with van der Waals surface area (Å²) in [4.78, 5) is 29.4. The van der Waals surface area contributed by atoms with Crippen molar-refractivity contribution in [1.29, 1.82) is 0 Å². The van der Waals surface area contributed by atoms with E-state index >= 15 is 0 Å². The molecule has 3 rings (SSSR count). The number of anilines is 1. The molecule has 1 aromatic heterocycles. The van der Waals surface area contributed by atoms with E-state index in [-0.39, 0.29) is 0 Å². The summed E-state index contributed by atoms with van der Waals surface area (Å²) in [6.07, 6.45) is 0. The summed E-state index contributed by atoms with van der Waals surface area (Å²) >= 11 is 7.43. The number of rotatable bonds is 5. The van der Waals surface area contributed by atoms with Crippen molar-refractivity contribution in [2.24, 2.45) is 0 Å². The molecule has 144 valence electrons. The first-order valence-corrected chi connectivity index (χ1v) is 9.81. The zero-order valence-corrected chi connectivity index (χ0v) is 17.3. The molecule has 7 heteroatoms. The average Bonchev–Trinajstić information content (AvgIpc) is 3.05. The van der Waals surface area contributed by atoms with Gasteiger partial charge in [0.25, 0.3) is 5.91 Å². The van der Waals surface area contributed by atoms with Gasteiger partial charge in [-0.05, 0) is 38.0 Å². The van der Waals surface area contributed by atoms with Gasteiger partial charge < -0.3 is 10.1 Å². The van der Waals surface area contributed by atoms with Crippen LogP contribution in [0.3, 0.4) is 0 Å². The maximum Gasteiger partial charge on any atom is 0.350 e. The van der Waals surface area contributed by atoms with E-state index in [9.17, 15) is 9.59 Å². The Labute approximate surface area is 172 Å². The Morgan fingerprint density at radius 1 is 1.14 bits per heavy atom. The summed E-state index contributed by atoms with van der Waals surface area (Å²) < 4.78 is 5.17. The minimum absolute atomic E-state index is 0.385. The van der Waals surface area contributed by atoms with Crippen molar-refractivity contribution < 1.29 is 14.3 Å². The van der Waals surface area contributed by atoms with Gasteiger partial charge in [0.05, 0.1) is 16.4 Å². The van der Waals surface area contributed by atoms with E-state index < -0.39 is 18.5 Å². The Morgan fingerprint density at radius 2 is 1.86 bits per heavy atom. The normalized spacial score (nSPS) is 10.6. The molecule has 0 aliphatic heterocycles. The van der Waals surface area contributed by atoms with Crippen LogP contribution in [-0.4, -0.2) is 23.5 Å². The van der Waals surface area contributed by atoms with Crippen LogP contribution in [0, 0.1) is 20.8 Å². The first kappa shape index (κ1) is 20.0. The van der Waals surface area contributed by atoms with Gasteiger partial charge in [0, 0.05) is 5.56 Å². The molecule has 0 bridgehead atoms. The van der Waals surface area contributed by atoms with Crippen LogP contribution in [0.25, 0.3) is 10.6 Å². The lowest BCUT2D eigenvalue weighted by Gasteiger charge is -2.11. The quantitative estimate of drug-likeness (QED) is 0.584. The van der Waals surface area contributed by atoms with Gasteiger partial charge in [0.15, 0.2) is 6.61 Å². The fraction of sp³-hybridized carbons (Fsp3) is 0.190. The third-order valence-corrected chi connectivity index (χ3v) is 5.52. The monoisotopic (exact) mass is 414 g/mol. The molecule has 3 aromatic rings. The van der Waals surface area contributed by atoms with Crippen LogP contribution < -0.4 is 5.32 Å². The van der Waals surface area contributed by atoms with E-state index in [1.54, 1.807) is 13.0 Å². The van der Waals surface area contributed by atoms with Gasteiger partial charge >= 0.3 is 5.97 Å². The Hall–Kier alpha value is -2.70. The summed E-state index contributed by atoms with van der Waals surface area (Å²) in [6.45, 7) is 5.12. The number of carbonyl (C=O) groups excluding carboxylic acids is 2. The minimum Gasteiger partial charge on any atom is -0.451 e. The van der Waals surface area contributed by atoms with Crippen molar-refractivity contribution in [3.63, 3.8) is 0 Å². The predicted octanol–water partition coefficient (Wildman–Crippen LogP) is 5.18. The Balaban J connectivity index is 1.65. The van der Waals surface area contributed by atoms with Crippen LogP contribution in [0.2, 0.25) is 5.02 Å². The number of carbonyl (C=O) groups is 2. The Morgan fingerprint density at radius 3 is 2.54 bits per heavy atom. The van der Waals surface area contributed by atoms with E-state index in [2.05, 4.69) is 10.3 Å². The van der Waals surface area contributed by atoms with Crippen molar-refractivity contribution in [2.45, 2.75) is 20.8 Å². The zero-order valence-electron chi connectivity index (χ0n) is 15.7. The van der Waals surface area contributed by atoms with Crippen molar-refractivity contribution >= 4 is 40.5 Å². The van der Waals surface area contributed by atoms with Crippen molar-refractivity contribution in [2.75, 3.05) is 11.9 Å². The maximum atomic E-state index is 12.4. The summed E-state index contributed by atoms with van der Waals surface area (Å²) in [5.41, 5.74) is 3.87. The number of hydrogen-bond acceptors (Lipinski definition) is 5. The maximum absolute atomic E-state index is 12.4. The van der Waals surface area contributed by atoms with E-state index in [1.807, 2.05) is 50.2 Å². The standard InChI is InChI=1S/C21H19ClN2O3S/c1-12-9-13(2)18(16(22)10-12)24-17(25)11-27-21(26)19-14(3)23-20(28-19)15-7-5-4-6-8-15/h4-10H,11H2,1-3H3,(H,24,25). The number of ether oxygens (including phenoxy) is 1. The second kappa shape index (κ2) is 8.54. The molecule has 0 fully saturated rings. The van der Waals surface area contributed by atoms with Gasteiger partial charge in [-0.15, -0.1) is 11.3 Å². The second-order valence-corrected chi connectivity index (χ2v) is 7.77. The molecule has 0 saturated carbocycles. The molecule has 1 N–H and O–H groups in total. The molecule has 0 unspecified atom stereocenters. The molecular weight excluding hydrogens is 396 g/mol. The number of amides is 1. The number of nitrogens with one attached hydrogen (secondary N) is 1. The summed E-state index contributed by atoms with van der Waals surface area (Å²) in [6, 6.07) is 13.3. The van der Waals surface area contributed by atoms with Gasteiger partial charge in [-0.2, -0.15) is 0 Å². The molecular formula is C21H19ClN2O3S. The molecule has 5 nitrogen and oxygen atoms in total. The van der Waals surface area contributed by atoms with Crippen LogP contribution in [0.4, 0.5) is 5.69 Å². The van der Waals surface area contributed by atoms with Gasteiger partial charge in [0.1, 0.15) is 9.88 Å². The zero-order chi connectivity index (χ0) is 20.3. The van der Waals surface area contributed by atoms with Gasteiger partial charge in [0.2, 0.25) is 0 Å². The van der Waals surface area contributed by atoms with Crippen molar-refractivity contribution in [3.05, 3.63) is 69.2 Å². The van der Waals surface area contributed by atoms with Crippen LogP contribution >= 0.6 is 22.9 Å². The fourth-order valence-electron chi connectivity index (χ4n) is 2.74. The van der Waals surface area contributed by atoms with Crippen molar-refractivity contribution in [1.82, 2.24) is 4.98 Å². The van der Waals surface area contributed by atoms with Gasteiger partial charge in [-0.1, -0.05) is 48.0 Å². The number of benzene rings is 2. The van der Waals surface area contributed by atoms with Crippen LogP contribution in [-0.2, 0) is 9.53 Å². The minimum atomic E-state index is -0.570. The first-order chi connectivity index (χ1) is 13.3. The SMILES string of the molecule is Cc1cc(C)c(NC(=O)COC(=O)c2sc(-c3ccccc3)nc2C)c(Cl)c1. The molecule has 0 aliphatic carbocycles. The van der Waals surface area contributed by atoms with Gasteiger partial charge in [-0.3, -0.25) is 4.79 Å². The van der Waals surface area contributed by atoms with Crippen LogP contribution in [0.15, 0.2) is 42.5 Å². The predicted molar refractivity (Wildman–Crippen MR) is 112 cm³/mol. The number of nitrogens with zero attached hydrogens (tertiary/aromatic N) is 1. The third kappa shape index (κ3) is 4.58. The van der Waals surface area contributed by atoms with Crippen LogP contribution in [0.5, 0.6) is 0 Å². The first-order valence-electron chi connectivity index (χ1n) is 8.61. The molecule has 0 atom stereocenters. The second-order valence-electron chi connectivity index (χ2n) is 6.36. The fourth-order valence-corrected chi connectivity index (χ4v) is 4.07. The highest BCUT2D eigenvalue weighted by atomic mass is 35.5. The average molecular weight is 415 g/mol. The highest BCUT2D eigenvalue weighted by Gasteiger charge is 2.19. The summed E-state index contributed by atoms with van der Waals surface area (Å²) in [5, 5.41) is 3.88. The smallest absolute Gasteiger partial charge is 0.350 e.